The SMILES string of the molecule is CC/C=C\C/C=C\C/C=C\C/C=C\CCCCCCCOCC(COC1OC(CO)C(O)C(O)C1O)OC(=O)CC/C=C\C/C=C\C/C=C\C/C=C\CC. The van der Waals surface area contributed by atoms with Gasteiger partial charge in [-0.05, 0) is 77.0 Å². The smallest absolute Gasteiger partial charge is 0.306 e. The predicted octanol–water partition coefficient (Wildman–Crippen LogP) is 8.46. The molecule has 1 heterocycles. The Kier molecular flexibility index (Phi) is 32.6. The number of aliphatic hydroxyl groups is 4. The lowest BCUT2D eigenvalue weighted by atomic mass is 9.99. The maximum absolute atomic E-state index is 12.7. The van der Waals surface area contributed by atoms with E-state index in [-0.39, 0.29) is 19.6 Å². The van der Waals surface area contributed by atoms with Crippen molar-refractivity contribution < 1.29 is 44.2 Å². The Morgan fingerprint density at radius 2 is 1.07 bits per heavy atom. The molecule has 0 amide bonds. The second kappa shape index (κ2) is 35.8. The molecule has 0 aromatic rings. The minimum Gasteiger partial charge on any atom is -0.457 e. The number of ether oxygens (including phenoxy) is 4. The summed E-state index contributed by atoms with van der Waals surface area (Å²) in [6.45, 7) is 4.15. The Bertz CT molecular complexity index is 1130. The molecule has 306 valence electrons. The van der Waals surface area contributed by atoms with Crippen LogP contribution in [0.4, 0.5) is 0 Å². The van der Waals surface area contributed by atoms with E-state index in [9.17, 15) is 25.2 Å². The lowest BCUT2D eigenvalue weighted by molar-refractivity contribution is -0.305. The molecule has 1 fully saturated rings. The summed E-state index contributed by atoms with van der Waals surface area (Å²) in [5.41, 5.74) is 0. The van der Waals surface area contributed by atoms with Crippen LogP contribution in [-0.2, 0) is 23.7 Å². The fourth-order valence-corrected chi connectivity index (χ4v) is 5.38. The van der Waals surface area contributed by atoms with Gasteiger partial charge < -0.3 is 39.4 Å². The number of allylic oxidation sites excluding steroid dienone is 16. The van der Waals surface area contributed by atoms with Crippen LogP contribution in [0, 0.1) is 0 Å². The maximum atomic E-state index is 12.7. The van der Waals surface area contributed by atoms with Gasteiger partial charge in [0, 0.05) is 13.0 Å². The molecule has 0 saturated carbocycles. The molecule has 0 spiro atoms. The molecule has 9 nitrogen and oxygen atoms in total. The molecule has 6 atom stereocenters. The molecular formula is C45H72O9. The number of carbonyl (C=O) groups excluding carboxylic acids is 1. The van der Waals surface area contributed by atoms with Gasteiger partial charge in [0.15, 0.2) is 6.29 Å². The summed E-state index contributed by atoms with van der Waals surface area (Å²) in [4.78, 5) is 12.7. The summed E-state index contributed by atoms with van der Waals surface area (Å²) >= 11 is 0. The first-order valence-electron chi connectivity index (χ1n) is 20.3. The molecule has 4 N–H and O–H groups in total. The Morgan fingerprint density at radius 3 is 1.61 bits per heavy atom. The van der Waals surface area contributed by atoms with Gasteiger partial charge in [-0.3, -0.25) is 4.79 Å². The van der Waals surface area contributed by atoms with Gasteiger partial charge in [0.25, 0.3) is 0 Å². The number of hydrogen-bond acceptors (Lipinski definition) is 9. The topological polar surface area (TPSA) is 135 Å². The highest BCUT2D eigenvalue weighted by Gasteiger charge is 2.44. The minimum absolute atomic E-state index is 0.0962. The van der Waals surface area contributed by atoms with E-state index in [1.54, 1.807) is 0 Å². The summed E-state index contributed by atoms with van der Waals surface area (Å²) in [5.74, 6) is -0.406. The fraction of sp³-hybridized carbons (Fsp3) is 0.622. The molecule has 1 rings (SSSR count). The molecule has 54 heavy (non-hydrogen) atoms. The van der Waals surface area contributed by atoms with E-state index in [1.165, 1.54) is 0 Å². The van der Waals surface area contributed by atoms with Crippen molar-refractivity contribution in [2.75, 3.05) is 26.4 Å². The normalized spacial score (nSPS) is 21.9. The molecule has 0 aromatic carbocycles. The third kappa shape index (κ3) is 26.8. The van der Waals surface area contributed by atoms with E-state index in [0.29, 0.717) is 13.0 Å². The van der Waals surface area contributed by atoms with E-state index < -0.39 is 49.4 Å². The lowest BCUT2D eigenvalue weighted by Crippen LogP contribution is -2.59. The van der Waals surface area contributed by atoms with Gasteiger partial charge in [-0.1, -0.05) is 130 Å². The van der Waals surface area contributed by atoms with Crippen LogP contribution in [0.3, 0.4) is 0 Å². The van der Waals surface area contributed by atoms with Crippen molar-refractivity contribution >= 4 is 5.97 Å². The zero-order chi connectivity index (χ0) is 39.3. The van der Waals surface area contributed by atoms with E-state index in [2.05, 4.69) is 98.9 Å². The van der Waals surface area contributed by atoms with E-state index >= 15 is 0 Å². The number of hydrogen-bond donors (Lipinski definition) is 4. The Hall–Kier alpha value is -2.89. The first-order valence-corrected chi connectivity index (χ1v) is 20.3. The average Bonchev–Trinajstić information content (AvgIpc) is 3.17. The van der Waals surface area contributed by atoms with Crippen LogP contribution in [0.5, 0.6) is 0 Å². The Labute approximate surface area is 326 Å². The van der Waals surface area contributed by atoms with Crippen LogP contribution in [0.1, 0.15) is 117 Å². The van der Waals surface area contributed by atoms with Crippen LogP contribution in [0.25, 0.3) is 0 Å². The van der Waals surface area contributed by atoms with Gasteiger partial charge >= 0.3 is 5.97 Å². The number of esters is 1. The van der Waals surface area contributed by atoms with E-state index in [0.717, 1.165) is 89.9 Å². The molecule has 1 aliphatic heterocycles. The van der Waals surface area contributed by atoms with Gasteiger partial charge in [0.1, 0.15) is 30.5 Å². The number of rotatable bonds is 32. The number of unbranched alkanes of at least 4 members (excludes halogenated alkanes) is 5. The molecule has 0 radical (unpaired) electrons. The fourth-order valence-electron chi connectivity index (χ4n) is 5.38. The minimum atomic E-state index is -1.56. The van der Waals surface area contributed by atoms with Crippen LogP contribution in [0.15, 0.2) is 97.2 Å². The quantitative estimate of drug-likeness (QED) is 0.0303. The first-order chi connectivity index (χ1) is 26.4. The molecule has 0 aromatic heterocycles. The van der Waals surface area contributed by atoms with Gasteiger partial charge in [0.05, 0.1) is 19.8 Å². The van der Waals surface area contributed by atoms with Gasteiger partial charge in [-0.2, -0.15) is 0 Å². The molecular weight excluding hydrogens is 684 g/mol. The van der Waals surface area contributed by atoms with E-state index in [1.807, 2.05) is 12.2 Å². The highest BCUT2D eigenvalue weighted by Crippen LogP contribution is 2.22. The number of carbonyl (C=O) groups is 1. The molecule has 6 unspecified atom stereocenters. The predicted molar refractivity (Wildman–Crippen MR) is 219 cm³/mol. The van der Waals surface area contributed by atoms with E-state index in [4.69, 9.17) is 18.9 Å². The Balaban J connectivity index is 2.37. The van der Waals surface area contributed by atoms with Gasteiger partial charge in [-0.15, -0.1) is 0 Å². The molecule has 1 saturated heterocycles. The van der Waals surface area contributed by atoms with Crippen molar-refractivity contribution in [3.8, 4) is 0 Å². The molecule has 0 aliphatic carbocycles. The summed E-state index contributed by atoms with van der Waals surface area (Å²) in [6.07, 6.45) is 41.6. The zero-order valence-corrected chi connectivity index (χ0v) is 33.2. The average molecular weight is 757 g/mol. The van der Waals surface area contributed by atoms with Crippen LogP contribution < -0.4 is 0 Å². The van der Waals surface area contributed by atoms with Crippen LogP contribution in [0.2, 0.25) is 0 Å². The highest BCUT2D eigenvalue weighted by atomic mass is 16.7. The summed E-state index contributed by atoms with van der Waals surface area (Å²) in [5, 5.41) is 40.0. The monoisotopic (exact) mass is 757 g/mol. The third-order valence-corrected chi connectivity index (χ3v) is 8.51. The highest BCUT2D eigenvalue weighted by molar-refractivity contribution is 5.69. The molecule has 9 heteroatoms. The summed E-state index contributed by atoms with van der Waals surface area (Å²) in [7, 11) is 0. The van der Waals surface area contributed by atoms with Crippen LogP contribution in [-0.4, -0.2) is 89.6 Å². The largest absolute Gasteiger partial charge is 0.457 e. The third-order valence-electron chi connectivity index (χ3n) is 8.51. The summed E-state index contributed by atoms with van der Waals surface area (Å²) in [6, 6.07) is 0. The first kappa shape index (κ1) is 49.1. The van der Waals surface area contributed by atoms with Crippen molar-refractivity contribution in [3.05, 3.63) is 97.2 Å². The van der Waals surface area contributed by atoms with Crippen LogP contribution >= 0.6 is 0 Å². The molecule has 0 bridgehead atoms. The summed E-state index contributed by atoms with van der Waals surface area (Å²) < 4.78 is 22.6. The Morgan fingerprint density at radius 1 is 0.593 bits per heavy atom. The van der Waals surface area contributed by atoms with Gasteiger partial charge in [-0.25, -0.2) is 0 Å². The standard InChI is InChI=1S/C45H72O9/c1-3-5-7-9-11-13-15-17-18-19-20-21-23-25-27-29-31-33-35-51-37-39(38-52-45-44(50)43(49)42(48)40(36-46)54-45)53-41(47)34-32-30-28-26-24-22-16-14-12-10-8-6-4-2/h5-8,11-14,17-18,20-22,24,28,30,39-40,42-46,48-50H,3-4,9-10,15-16,19,23,25-27,29,31-38H2,1-2H3/b7-5-,8-6-,13-11-,14-12-,18-17-,21-20-,24-22-,30-28-. The zero-order valence-electron chi connectivity index (χ0n) is 33.2. The number of aliphatic hydroxyl groups excluding tert-OH is 4. The van der Waals surface area contributed by atoms with Crippen molar-refractivity contribution in [2.45, 2.75) is 153 Å². The van der Waals surface area contributed by atoms with Crippen molar-refractivity contribution in [3.63, 3.8) is 0 Å². The van der Waals surface area contributed by atoms with Crippen molar-refractivity contribution in [2.24, 2.45) is 0 Å². The van der Waals surface area contributed by atoms with Crippen molar-refractivity contribution in [1.29, 1.82) is 0 Å². The second-order valence-corrected chi connectivity index (χ2v) is 13.3. The maximum Gasteiger partial charge on any atom is 0.306 e. The van der Waals surface area contributed by atoms with Crippen molar-refractivity contribution in [1.82, 2.24) is 0 Å². The second-order valence-electron chi connectivity index (χ2n) is 13.3. The lowest BCUT2D eigenvalue weighted by Gasteiger charge is -2.39. The van der Waals surface area contributed by atoms with Gasteiger partial charge in [0.2, 0.25) is 0 Å². The molecule has 1 aliphatic rings.